The van der Waals surface area contributed by atoms with Crippen molar-refractivity contribution in [3.63, 3.8) is 0 Å². The van der Waals surface area contributed by atoms with Crippen molar-refractivity contribution < 1.29 is 62.8 Å². The molecule has 0 heterocycles. The molecule has 0 saturated carbocycles. The molecule has 0 rings (SSSR count). The largest absolute Gasteiger partial charge is 2.00 e. The smallest absolute Gasteiger partial charge is 2.00 e. The Balaban J connectivity index is 0. The first-order valence-electron chi connectivity index (χ1n) is 0. The van der Waals surface area contributed by atoms with Crippen molar-refractivity contribution in [1.29, 1.82) is 0 Å². The van der Waals surface area contributed by atoms with Gasteiger partial charge in [0, 0.05) is 18.6 Å². The molecule has 0 fully saturated rings. The third-order valence-corrected chi connectivity index (χ3v) is 0. The van der Waals surface area contributed by atoms with Crippen molar-refractivity contribution >= 4 is 23.1 Å². The molecule has 0 aromatic rings. The van der Waals surface area contributed by atoms with E-state index in [0.29, 0.717) is 0 Å². The van der Waals surface area contributed by atoms with Gasteiger partial charge in [0.25, 0.3) is 0 Å². The molecule has 0 N–H and O–H groups in total. The van der Waals surface area contributed by atoms with Crippen LogP contribution in [0.15, 0.2) is 0 Å². The fourth-order valence-corrected chi connectivity index (χ4v) is 0. The molecule has 0 amide bonds. The van der Waals surface area contributed by atoms with E-state index >= 15 is 0 Å². The van der Waals surface area contributed by atoms with Crippen LogP contribution in [0.25, 0.3) is 0 Å². The van der Waals surface area contributed by atoms with Gasteiger partial charge in [-0.3, -0.25) is 0 Å². The summed E-state index contributed by atoms with van der Waals surface area (Å²) in [6, 6.07) is 0. The van der Waals surface area contributed by atoms with Gasteiger partial charge in [0.2, 0.25) is 0 Å². The van der Waals surface area contributed by atoms with Gasteiger partial charge in [-0.1, -0.05) is 0 Å². The molecule has 0 unspecified atom stereocenters. The Morgan fingerprint density at radius 1 is 0.571 bits per heavy atom. The SMILES string of the molecule is [Ag+].[Mg+2].[O-2].[O-2].[O-2].[O-2].[V]. The number of hydrogen-bond acceptors (Lipinski definition) is 0. The summed E-state index contributed by atoms with van der Waals surface area (Å²) in [4.78, 5) is 0. The minimum atomic E-state index is 0. The van der Waals surface area contributed by atoms with Gasteiger partial charge in [0.1, 0.15) is 0 Å². The van der Waals surface area contributed by atoms with Crippen LogP contribution < -0.4 is 0 Å². The molecule has 7 heavy (non-hydrogen) atoms. The predicted molar refractivity (Wildman–Crippen MR) is 8.50 cm³/mol. The van der Waals surface area contributed by atoms with Gasteiger partial charge in [-0.25, -0.2) is 0 Å². The van der Waals surface area contributed by atoms with Crippen LogP contribution >= 0.6 is 0 Å². The topological polar surface area (TPSA) is 114 Å². The summed E-state index contributed by atoms with van der Waals surface area (Å²) in [6.07, 6.45) is 0. The summed E-state index contributed by atoms with van der Waals surface area (Å²) >= 11 is 0. The molecule has 0 aliphatic rings. The van der Waals surface area contributed by atoms with Gasteiger partial charge in [0.05, 0.1) is 0 Å². The molecule has 0 aliphatic carbocycles. The molecular weight excluding hydrogens is 247 g/mol. The molecule has 0 spiro atoms. The van der Waals surface area contributed by atoms with E-state index in [4.69, 9.17) is 0 Å². The van der Waals surface area contributed by atoms with Crippen molar-refractivity contribution in [3.8, 4) is 0 Å². The van der Waals surface area contributed by atoms with Crippen molar-refractivity contribution in [3.05, 3.63) is 0 Å². The van der Waals surface area contributed by atoms with Gasteiger partial charge in [-0.15, -0.1) is 0 Å². The van der Waals surface area contributed by atoms with Crippen LogP contribution in [-0.4, -0.2) is 23.1 Å². The Kier molecular flexibility index (Phi) is 2200. The summed E-state index contributed by atoms with van der Waals surface area (Å²) in [6.45, 7) is 0. The zero-order valence-electron chi connectivity index (χ0n) is 3.09. The van der Waals surface area contributed by atoms with Crippen LogP contribution in [0, 0.1) is 0 Å². The average Bonchev–Trinajstić information content (AvgIpc) is 0. The van der Waals surface area contributed by atoms with Crippen molar-refractivity contribution in [2.45, 2.75) is 0 Å². The van der Waals surface area contributed by atoms with Gasteiger partial charge < -0.3 is 21.9 Å². The second-order valence-corrected chi connectivity index (χ2v) is 0. The summed E-state index contributed by atoms with van der Waals surface area (Å²) in [7, 11) is 0. The predicted octanol–water partition coefficient (Wildman–Crippen LogP) is -0.861. The van der Waals surface area contributed by atoms with Crippen LogP contribution in [-0.2, 0) is 62.8 Å². The molecule has 0 saturated heterocycles. The van der Waals surface area contributed by atoms with Crippen molar-refractivity contribution in [2.24, 2.45) is 0 Å². The summed E-state index contributed by atoms with van der Waals surface area (Å²) in [5.41, 5.74) is 0. The van der Waals surface area contributed by atoms with Crippen LogP contribution in [0.1, 0.15) is 0 Å². The maximum absolute atomic E-state index is 0. The van der Waals surface area contributed by atoms with E-state index in [0.717, 1.165) is 0 Å². The van der Waals surface area contributed by atoms with E-state index < -0.39 is 0 Å². The van der Waals surface area contributed by atoms with E-state index in [1.165, 1.54) is 0 Å². The zero-order chi connectivity index (χ0) is 0. The maximum atomic E-state index is 0. The minimum Gasteiger partial charge on any atom is -2.00 e. The zero-order valence-corrected chi connectivity index (χ0v) is 7.38. The van der Waals surface area contributed by atoms with E-state index in [2.05, 4.69) is 0 Å². The van der Waals surface area contributed by atoms with Gasteiger partial charge in [0.15, 0.2) is 0 Å². The van der Waals surface area contributed by atoms with Crippen molar-refractivity contribution in [2.75, 3.05) is 0 Å². The normalized spacial score (nSPS) is 0. The van der Waals surface area contributed by atoms with Crippen LogP contribution in [0.4, 0.5) is 0 Å². The first-order valence-corrected chi connectivity index (χ1v) is 0. The molecule has 0 atom stereocenters. The second-order valence-electron chi connectivity index (χ2n) is 0. The van der Waals surface area contributed by atoms with Gasteiger partial charge in [-0.2, -0.15) is 0 Å². The second kappa shape index (κ2) is 102. The van der Waals surface area contributed by atoms with Crippen molar-refractivity contribution in [1.82, 2.24) is 0 Å². The summed E-state index contributed by atoms with van der Waals surface area (Å²) in [5, 5.41) is 0. The third-order valence-electron chi connectivity index (χ3n) is 0. The molecule has 1 radical (unpaired) electrons. The molecule has 0 aliphatic heterocycles. The third kappa shape index (κ3) is 74.8. The average molecular weight is 247 g/mol. The standard InChI is InChI=1S/Ag.Mg.4O.V/q+1;+2;4*-2;. The molecule has 7 heteroatoms. The Hall–Kier alpha value is 1.93. The number of rotatable bonds is 0. The van der Waals surface area contributed by atoms with Crippen LogP contribution in [0.5, 0.6) is 0 Å². The van der Waals surface area contributed by atoms with E-state index in [-0.39, 0.29) is 85.9 Å². The maximum Gasteiger partial charge on any atom is 2.00 e. The molecule has 0 aromatic heterocycles. The Morgan fingerprint density at radius 2 is 0.571 bits per heavy atom. The van der Waals surface area contributed by atoms with Gasteiger partial charge >= 0.3 is 45.4 Å². The quantitative estimate of drug-likeness (QED) is 0.495. The molecule has 4 nitrogen and oxygen atoms in total. The van der Waals surface area contributed by atoms with E-state index in [1.807, 2.05) is 0 Å². The molecule has 47 valence electrons. The van der Waals surface area contributed by atoms with E-state index in [9.17, 15) is 0 Å². The molecule has 0 bridgehead atoms. The Morgan fingerprint density at radius 3 is 0.571 bits per heavy atom. The fourth-order valence-electron chi connectivity index (χ4n) is 0. The first-order chi connectivity index (χ1) is 0. The van der Waals surface area contributed by atoms with Gasteiger partial charge in [-0.05, 0) is 0 Å². The summed E-state index contributed by atoms with van der Waals surface area (Å²) < 4.78 is 0. The van der Waals surface area contributed by atoms with Crippen LogP contribution in [0.3, 0.4) is 0 Å². The minimum absolute atomic E-state index is 0. The first kappa shape index (κ1) is 151. The van der Waals surface area contributed by atoms with Crippen LogP contribution in [0.2, 0.25) is 0 Å². The number of hydrogen-bond donors (Lipinski definition) is 0. The monoisotopic (exact) mass is 246 g/mol. The molecular formula is AgMgO4V-5. The Labute approximate surface area is 85.2 Å². The summed E-state index contributed by atoms with van der Waals surface area (Å²) in [5.74, 6) is 0. The Bertz CT molecular complexity index is 11.7. The molecule has 0 aromatic carbocycles. The fraction of sp³-hybridized carbons (Fsp3) is 0. The van der Waals surface area contributed by atoms with E-state index in [1.54, 1.807) is 0 Å².